The minimum atomic E-state index is -0.137. The first kappa shape index (κ1) is 13.6. The van der Waals surface area contributed by atoms with Gasteiger partial charge in [0.25, 0.3) is 0 Å². The number of benzene rings is 2. The van der Waals surface area contributed by atoms with Crippen LogP contribution in [-0.4, -0.2) is 13.7 Å². The first-order chi connectivity index (χ1) is 9.31. The van der Waals surface area contributed by atoms with Crippen molar-refractivity contribution in [2.24, 2.45) is 0 Å². The Labute approximate surface area is 113 Å². The highest BCUT2D eigenvalue weighted by atomic mass is 19.1. The Hall–Kier alpha value is -1.87. The van der Waals surface area contributed by atoms with Gasteiger partial charge in [-0.3, -0.25) is 0 Å². The first-order valence-corrected chi connectivity index (χ1v) is 6.37. The Morgan fingerprint density at radius 2 is 1.68 bits per heavy atom. The van der Waals surface area contributed by atoms with Crippen LogP contribution in [0.5, 0.6) is 5.75 Å². The molecule has 2 rings (SSSR count). The summed E-state index contributed by atoms with van der Waals surface area (Å²) in [5.41, 5.74) is 1.86. The van der Waals surface area contributed by atoms with Crippen LogP contribution in [0.15, 0.2) is 48.5 Å². The highest BCUT2D eigenvalue weighted by Crippen LogP contribution is 2.16. The number of ether oxygens (including phenoxy) is 1. The van der Waals surface area contributed by atoms with Gasteiger partial charge in [0.2, 0.25) is 0 Å². The van der Waals surface area contributed by atoms with E-state index in [-0.39, 0.29) is 5.82 Å². The van der Waals surface area contributed by atoms with Gasteiger partial charge in [-0.15, -0.1) is 0 Å². The number of hydrogen-bond acceptors (Lipinski definition) is 2. The maximum absolute atomic E-state index is 13.4. The van der Waals surface area contributed by atoms with Gasteiger partial charge in [0.15, 0.2) is 0 Å². The fourth-order valence-electron chi connectivity index (χ4n) is 2.00. The van der Waals surface area contributed by atoms with Gasteiger partial charge >= 0.3 is 0 Å². The van der Waals surface area contributed by atoms with Crippen LogP contribution in [0.25, 0.3) is 0 Å². The van der Waals surface area contributed by atoms with Crippen molar-refractivity contribution in [3.63, 3.8) is 0 Å². The van der Waals surface area contributed by atoms with E-state index in [0.29, 0.717) is 6.42 Å². The van der Waals surface area contributed by atoms with Crippen molar-refractivity contribution < 1.29 is 9.13 Å². The Bertz CT molecular complexity index is 528. The zero-order valence-corrected chi connectivity index (χ0v) is 11.0. The molecule has 0 saturated heterocycles. The molecule has 0 aliphatic rings. The highest BCUT2D eigenvalue weighted by Gasteiger charge is 2.02. The van der Waals surface area contributed by atoms with Gasteiger partial charge < -0.3 is 10.1 Å². The predicted octanol–water partition coefficient (Wildman–Crippen LogP) is 3.17. The summed E-state index contributed by atoms with van der Waals surface area (Å²) in [6.45, 7) is 1.46. The lowest BCUT2D eigenvalue weighted by atomic mass is 10.1. The molecule has 0 aliphatic carbocycles. The van der Waals surface area contributed by atoms with Crippen molar-refractivity contribution in [3.05, 3.63) is 65.5 Å². The second-order valence-corrected chi connectivity index (χ2v) is 4.33. The van der Waals surface area contributed by atoms with Crippen LogP contribution in [0.2, 0.25) is 0 Å². The van der Waals surface area contributed by atoms with Crippen molar-refractivity contribution in [1.29, 1.82) is 0 Å². The smallest absolute Gasteiger partial charge is 0.126 e. The lowest BCUT2D eigenvalue weighted by Crippen LogP contribution is -2.17. The Morgan fingerprint density at radius 1 is 1.00 bits per heavy atom. The third-order valence-corrected chi connectivity index (χ3v) is 3.04. The van der Waals surface area contributed by atoms with Crippen molar-refractivity contribution in [3.8, 4) is 5.75 Å². The zero-order chi connectivity index (χ0) is 13.5. The van der Waals surface area contributed by atoms with Crippen LogP contribution in [0.4, 0.5) is 4.39 Å². The number of hydrogen-bond donors (Lipinski definition) is 1. The van der Waals surface area contributed by atoms with E-state index in [4.69, 9.17) is 4.74 Å². The van der Waals surface area contributed by atoms with Crippen LogP contribution in [-0.2, 0) is 13.0 Å². The second-order valence-electron chi connectivity index (χ2n) is 4.33. The van der Waals surface area contributed by atoms with Crippen LogP contribution in [0.1, 0.15) is 11.1 Å². The predicted molar refractivity (Wildman–Crippen MR) is 74.8 cm³/mol. The molecule has 0 fully saturated rings. The van der Waals surface area contributed by atoms with E-state index >= 15 is 0 Å². The molecule has 0 aromatic heterocycles. The molecule has 0 radical (unpaired) electrons. The molecule has 0 heterocycles. The third kappa shape index (κ3) is 3.80. The monoisotopic (exact) mass is 259 g/mol. The molecule has 2 aromatic carbocycles. The lowest BCUT2D eigenvalue weighted by molar-refractivity contribution is 0.408. The quantitative estimate of drug-likeness (QED) is 0.805. The van der Waals surface area contributed by atoms with E-state index in [1.165, 1.54) is 6.07 Å². The molecule has 0 bridgehead atoms. The van der Waals surface area contributed by atoms with Crippen LogP contribution < -0.4 is 10.1 Å². The highest BCUT2D eigenvalue weighted by molar-refractivity contribution is 5.33. The van der Waals surface area contributed by atoms with Gasteiger partial charge in [0.1, 0.15) is 11.6 Å². The van der Waals surface area contributed by atoms with Crippen molar-refractivity contribution in [2.45, 2.75) is 13.0 Å². The van der Waals surface area contributed by atoms with Crippen LogP contribution >= 0.6 is 0 Å². The SMILES string of the molecule is COc1ccccc1CNCCc1ccccc1F. The molecule has 0 amide bonds. The Morgan fingerprint density at radius 3 is 2.42 bits per heavy atom. The summed E-state index contributed by atoms with van der Waals surface area (Å²) in [4.78, 5) is 0. The van der Waals surface area contributed by atoms with Gasteiger partial charge in [0.05, 0.1) is 7.11 Å². The average Bonchev–Trinajstić information content (AvgIpc) is 2.45. The summed E-state index contributed by atoms with van der Waals surface area (Å²) >= 11 is 0. The topological polar surface area (TPSA) is 21.3 Å². The Kier molecular flexibility index (Phi) is 4.93. The minimum absolute atomic E-state index is 0.137. The second kappa shape index (κ2) is 6.90. The molecule has 2 nitrogen and oxygen atoms in total. The molecule has 0 spiro atoms. The number of rotatable bonds is 6. The molecular formula is C16H18FNO. The van der Waals surface area contributed by atoms with Gasteiger partial charge in [-0.05, 0) is 30.7 Å². The summed E-state index contributed by atoms with van der Waals surface area (Å²) in [7, 11) is 1.66. The fraction of sp³-hybridized carbons (Fsp3) is 0.250. The van der Waals surface area contributed by atoms with E-state index in [2.05, 4.69) is 5.32 Å². The van der Waals surface area contributed by atoms with E-state index in [0.717, 1.165) is 30.0 Å². The van der Waals surface area contributed by atoms with Gasteiger partial charge in [-0.1, -0.05) is 36.4 Å². The summed E-state index contributed by atoms with van der Waals surface area (Å²) in [5.74, 6) is 0.738. The first-order valence-electron chi connectivity index (χ1n) is 6.37. The maximum Gasteiger partial charge on any atom is 0.126 e. The molecule has 3 heteroatoms. The molecule has 0 unspecified atom stereocenters. The maximum atomic E-state index is 13.4. The molecule has 0 saturated carbocycles. The van der Waals surface area contributed by atoms with Crippen molar-refractivity contribution >= 4 is 0 Å². The molecule has 0 atom stereocenters. The molecule has 2 aromatic rings. The van der Waals surface area contributed by atoms with E-state index in [9.17, 15) is 4.39 Å². The van der Waals surface area contributed by atoms with Crippen LogP contribution in [0.3, 0.4) is 0 Å². The van der Waals surface area contributed by atoms with Crippen molar-refractivity contribution in [2.75, 3.05) is 13.7 Å². The van der Waals surface area contributed by atoms with Gasteiger partial charge in [-0.2, -0.15) is 0 Å². The van der Waals surface area contributed by atoms with Gasteiger partial charge in [0, 0.05) is 12.1 Å². The molecule has 100 valence electrons. The number of nitrogens with one attached hydrogen (secondary N) is 1. The normalized spacial score (nSPS) is 10.4. The van der Waals surface area contributed by atoms with E-state index < -0.39 is 0 Å². The summed E-state index contributed by atoms with van der Waals surface area (Å²) in [6.07, 6.45) is 0.682. The summed E-state index contributed by atoms with van der Waals surface area (Å²) in [6, 6.07) is 14.8. The molecule has 0 aliphatic heterocycles. The fourth-order valence-corrected chi connectivity index (χ4v) is 2.00. The third-order valence-electron chi connectivity index (χ3n) is 3.04. The van der Waals surface area contributed by atoms with Crippen molar-refractivity contribution in [1.82, 2.24) is 5.32 Å². The number of para-hydroxylation sites is 1. The Balaban J connectivity index is 1.83. The number of methoxy groups -OCH3 is 1. The molecule has 1 N–H and O–H groups in total. The zero-order valence-electron chi connectivity index (χ0n) is 11.0. The average molecular weight is 259 g/mol. The minimum Gasteiger partial charge on any atom is -0.496 e. The largest absolute Gasteiger partial charge is 0.496 e. The lowest BCUT2D eigenvalue weighted by Gasteiger charge is -2.09. The molecule has 19 heavy (non-hydrogen) atoms. The van der Waals surface area contributed by atoms with E-state index in [1.54, 1.807) is 13.2 Å². The molecular weight excluding hydrogens is 241 g/mol. The standard InChI is InChI=1S/C16H18FNO/c1-19-16-9-5-3-7-14(16)12-18-11-10-13-6-2-4-8-15(13)17/h2-9,18H,10-12H2,1H3. The number of halogens is 1. The van der Waals surface area contributed by atoms with Crippen LogP contribution in [0, 0.1) is 5.82 Å². The van der Waals surface area contributed by atoms with E-state index in [1.807, 2.05) is 36.4 Å². The summed E-state index contributed by atoms with van der Waals surface area (Å²) in [5, 5.41) is 3.31. The van der Waals surface area contributed by atoms with Gasteiger partial charge in [-0.25, -0.2) is 4.39 Å². The summed E-state index contributed by atoms with van der Waals surface area (Å²) < 4.78 is 18.7.